The SMILES string of the molecule is Cc1cc(C)cc(-c2nnc(S[C@@H](C)C(=O)N[C@@H](C)c3ccc(F)cc3)o2)c1. The van der Waals surface area contributed by atoms with Crippen molar-refractivity contribution >= 4 is 17.7 Å². The minimum atomic E-state index is -0.421. The van der Waals surface area contributed by atoms with Gasteiger partial charge in [-0.1, -0.05) is 41.1 Å². The van der Waals surface area contributed by atoms with Crippen LogP contribution in [0, 0.1) is 19.7 Å². The Morgan fingerprint density at radius 2 is 1.71 bits per heavy atom. The normalized spacial score (nSPS) is 13.2. The highest BCUT2D eigenvalue weighted by Crippen LogP contribution is 2.27. The van der Waals surface area contributed by atoms with Gasteiger partial charge in [0.05, 0.1) is 11.3 Å². The fourth-order valence-electron chi connectivity index (χ4n) is 2.84. The Morgan fingerprint density at radius 1 is 1.07 bits per heavy atom. The smallest absolute Gasteiger partial charge is 0.277 e. The second-order valence-electron chi connectivity index (χ2n) is 6.79. The highest BCUT2D eigenvalue weighted by molar-refractivity contribution is 8.00. The maximum atomic E-state index is 13.0. The van der Waals surface area contributed by atoms with E-state index in [1.165, 1.54) is 23.9 Å². The number of aromatic nitrogens is 2. The number of halogens is 1. The number of rotatable bonds is 6. The van der Waals surface area contributed by atoms with Crippen LogP contribution in [0.15, 0.2) is 52.1 Å². The molecule has 1 N–H and O–H groups in total. The average Bonchev–Trinajstić information content (AvgIpc) is 3.10. The van der Waals surface area contributed by atoms with Gasteiger partial charge in [-0.05, 0) is 57.5 Å². The van der Waals surface area contributed by atoms with E-state index in [4.69, 9.17) is 4.42 Å². The molecule has 146 valence electrons. The van der Waals surface area contributed by atoms with Crippen molar-refractivity contribution in [3.05, 3.63) is 65.0 Å². The second-order valence-corrected chi connectivity index (χ2v) is 8.08. The van der Waals surface area contributed by atoms with Gasteiger partial charge in [0.15, 0.2) is 0 Å². The summed E-state index contributed by atoms with van der Waals surface area (Å²) < 4.78 is 18.8. The molecule has 28 heavy (non-hydrogen) atoms. The van der Waals surface area contributed by atoms with Crippen molar-refractivity contribution in [3.8, 4) is 11.5 Å². The minimum absolute atomic E-state index is 0.159. The first kappa shape index (κ1) is 20.1. The molecule has 2 atom stereocenters. The molecule has 0 aliphatic rings. The maximum Gasteiger partial charge on any atom is 0.277 e. The molecule has 7 heteroatoms. The Hall–Kier alpha value is -2.67. The van der Waals surface area contributed by atoms with E-state index in [1.54, 1.807) is 19.1 Å². The number of amides is 1. The lowest BCUT2D eigenvalue weighted by molar-refractivity contribution is -0.120. The zero-order chi connectivity index (χ0) is 20.3. The van der Waals surface area contributed by atoms with Crippen molar-refractivity contribution in [2.24, 2.45) is 0 Å². The lowest BCUT2D eigenvalue weighted by Gasteiger charge is -2.16. The summed E-state index contributed by atoms with van der Waals surface area (Å²) in [5.74, 6) is -0.0308. The summed E-state index contributed by atoms with van der Waals surface area (Å²) in [6.45, 7) is 7.65. The molecule has 5 nitrogen and oxygen atoms in total. The molecule has 2 aromatic carbocycles. The summed E-state index contributed by atoms with van der Waals surface area (Å²) in [6, 6.07) is 11.9. The van der Waals surface area contributed by atoms with Crippen LogP contribution >= 0.6 is 11.8 Å². The van der Waals surface area contributed by atoms with Crippen LogP contribution in [0.25, 0.3) is 11.5 Å². The Morgan fingerprint density at radius 3 is 2.36 bits per heavy atom. The molecule has 0 fully saturated rings. The number of nitrogens with zero attached hydrogens (tertiary/aromatic N) is 2. The summed E-state index contributed by atoms with van der Waals surface area (Å²) in [6.07, 6.45) is 0. The highest BCUT2D eigenvalue weighted by Gasteiger charge is 2.20. The van der Waals surface area contributed by atoms with E-state index >= 15 is 0 Å². The third-order valence-electron chi connectivity index (χ3n) is 4.25. The fraction of sp³-hybridized carbons (Fsp3) is 0.286. The van der Waals surface area contributed by atoms with Gasteiger partial charge in [-0.2, -0.15) is 0 Å². The van der Waals surface area contributed by atoms with Gasteiger partial charge >= 0.3 is 0 Å². The van der Waals surface area contributed by atoms with Crippen LogP contribution in [0.4, 0.5) is 4.39 Å². The van der Waals surface area contributed by atoms with Crippen LogP contribution in [-0.4, -0.2) is 21.4 Å². The van der Waals surface area contributed by atoms with E-state index in [0.717, 1.165) is 22.3 Å². The van der Waals surface area contributed by atoms with E-state index in [0.29, 0.717) is 11.1 Å². The van der Waals surface area contributed by atoms with Crippen molar-refractivity contribution < 1.29 is 13.6 Å². The molecule has 0 unspecified atom stereocenters. The number of aryl methyl sites for hydroxylation is 2. The summed E-state index contributed by atoms with van der Waals surface area (Å²) >= 11 is 1.20. The first-order chi connectivity index (χ1) is 13.3. The van der Waals surface area contributed by atoms with Gasteiger partial charge < -0.3 is 9.73 Å². The monoisotopic (exact) mass is 399 g/mol. The van der Waals surface area contributed by atoms with Gasteiger partial charge in [-0.3, -0.25) is 4.79 Å². The van der Waals surface area contributed by atoms with Gasteiger partial charge in [0.1, 0.15) is 5.82 Å². The number of benzene rings is 2. The molecule has 0 bridgehead atoms. The standard InChI is InChI=1S/C21H22FN3O2S/c1-12-9-13(2)11-17(10-12)20-24-25-21(27-20)28-15(4)19(26)23-14(3)16-5-7-18(22)8-6-16/h5-11,14-15H,1-4H3,(H,23,26)/t14-,15-/m0/s1. The van der Waals surface area contributed by atoms with Gasteiger partial charge in [0.25, 0.3) is 5.22 Å². The molecule has 1 heterocycles. The van der Waals surface area contributed by atoms with E-state index in [2.05, 4.69) is 21.6 Å². The molecule has 0 saturated heterocycles. The molecule has 1 amide bonds. The largest absolute Gasteiger partial charge is 0.411 e. The van der Waals surface area contributed by atoms with Crippen molar-refractivity contribution in [1.82, 2.24) is 15.5 Å². The van der Waals surface area contributed by atoms with Crippen LogP contribution in [0.2, 0.25) is 0 Å². The Kier molecular flexibility index (Phi) is 6.14. The zero-order valence-electron chi connectivity index (χ0n) is 16.2. The number of carbonyl (C=O) groups excluding carboxylic acids is 1. The molecule has 0 radical (unpaired) electrons. The molecule has 0 saturated carbocycles. The summed E-state index contributed by atoms with van der Waals surface area (Å²) in [7, 11) is 0. The van der Waals surface area contributed by atoms with Gasteiger partial charge in [0.2, 0.25) is 11.8 Å². The van der Waals surface area contributed by atoms with E-state index in [9.17, 15) is 9.18 Å². The Bertz CT molecular complexity index is 952. The minimum Gasteiger partial charge on any atom is -0.411 e. The number of hydrogen-bond donors (Lipinski definition) is 1. The van der Waals surface area contributed by atoms with Crippen LogP contribution in [-0.2, 0) is 4.79 Å². The first-order valence-electron chi connectivity index (χ1n) is 8.96. The lowest BCUT2D eigenvalue weighted by Crippen LogP contribution is -2.33. The Balaban J connectivity index is 1.62. The molecular formula is C21H22FN3O2S. The first-order valence-corrected chi connectivity index (χ1v) is 9.84. The quantitative estimate of drug-likeness (QED) is 0.600. The topological polar surface area (TPSA) is 68.0 Å². The average molecular weight is 399 g/mol. The molecule has 3 aromatic rings. The predicted octanol–water partition coefficient (Wildman–Crippen LogP) is 4.85. The van der Waals surface area contributed by atoms with Gasteiger partial charge in [-0.25, -0.2) is 4.39 Å². The third kappa shape index (κ3) is 4.98. The molecular weight excluding hydrogens is 377 g/mol. The summed E-state index contributed by atoms with van der Waals surface area (Å²) in [5.41, 5.74) is 3.93. The highest BCUT2D eigenvalue weighted by atomic mass is 32.2. The lowest BCUT2D eigenvalue weighted by atomic mass is 10.1. The molecule has 0 aliphatic carbocycles. The van der Waals surface area contributed by atoms with Gasteiger partial charge in [0, 0.05) is 5.56 Å². The van der Waals surface area contributed by atoms with E-state index < -0.39 is 5.25 Å². The number of nitrogens with one attached hydrogen (secondary N) is 1. The van der Waals surface area contributed by atoms with Gasteiger partial charge in [-0.15, -0.1) is 10.2 Å². The van der Waals surface area contributed by atoms with Crippen LogP contribution in [0.3, 0.4) is 0 Å². The third-order valence-corrected chi connectivity index (χ3v) is 5.18. The number of thioether (sulfide) groups is 1. The van der Waals surface area contributed by atoms with Crippen molar-refractivity contribution in [2.45, 2.75) is 44.2 Å². The molecule has 0 aliphatic heterocycles. The molecule has 1 aromatic heterocycles. The molecule has 0 spiro atoms. The zero-order valence-corrected chi connectivity index (χ0v) is 17.0. The van der Waals surface area contributed by atoms with E-state index in [1.807, 2.05) is 32.9 Å². The van der Waals surface area contributed by atoms with Crippen LogP contribution in [0.1, 0.15) is 36.6 Å². The number of hydrogen-bond acceptors (Lipinski definition) is 5. The number of carbonyl (C=O) groups is 1. The van der Waals surface area contributed by atoms with Crippen molar-refractivity contribution in [1.29, 1.82) is 0 Å². The van der Waals surface area contributed by atoms with Crippen LogP contribution < -0.4 is 5.32 Å². The van der Waals surface area contributed by atoms with Crippen molar-refractivity contribution in [2.75, 3.05) is 0 Å². The van der Waals surface area contributed by atoms with Crippen LogP contribution in [0.5, 0.6) is 0 Å². The van der Waals surface area contributed by atoms with Crippen molar-refractivity contribution in [3.63, 3.8) is 0 Å². The molecule has 3 rings (SSSR count). The predicted molar refractivity (Wildman–Crippen MR) is 107 cm³/mol. The van der Waals surface area contributed by atoms with E-state index in [-0.39, 0.29) is 17.8 Å². The summed E-state index contributed by atoms with van der Waals surface area (Å²) in [5, 5.41) is 11.0. The maximum absolute atomic E-state index is 13.0. The Labute approximate surface area is 167 Å². The second kappa shape index (κ2) is 8.56. The fourth-order valence-corrected chi connectivity index (χ4v) is 3.54. The summed E-state index contributed by atoms with van der Waals surface area (Å²) in [4.78, 5) is 12.5.